The van der Waals surface area contributed by atoms with Crippen molar-refractivity contribution in [1.82, 2.24) is 4.90 Å². The summed E-state index contributed by atoms with van der Waals surface area (Å²) in [6.45, 7) is 9.35. The molecule has 0 spiro atoms. The zero-order valence-corrected chi connectivity index (χ0v) is 16.2. The number of hydrogen-bond donors (Lipinski definition) is 1. The first-order valence-corrected chi connectivity index (χ1v) is 9.53. The number of allylic oxidation sites excluding steroid dienone is 4. The van der Waals surface area contributed by atoms with Crippen LogP contribution >= 0.6 is 0 Å². The normalized spacial score (nSPS) is 16.0. The summed E-state index contributed by atoms with van der Waals surface area (Å²) in [5.41, 5.74) is 2.95. The summed E-state index contributed by atoms with van der Waals surface area (Å²) in [5, 5.41) is 9.66. The lowest BCUT2D eigenvalue weighted by Crippen LogP contribution is -2.31. The van der Waals surface area contributed by atoms with Gasteiger partial charge in [0.05, 0.1) is 12.8 Å². The van der Waals surface area contributed by atoms with Crippen LogP contribution in [-0.4, -0.2) is 35.6 Å². The van der Waals surface area contributed by atoms with Gasteiger partial charge in [-0.25, -0.2) is 4.99 Å². The number of aliphatic hydroxyl groups excluding tert-OH is 1. The molecule has 144 valence electrons. The molecule has 1 heterocycles. The Hall–Kier alpha value is -2.59. The number of benzene rings is 1. The van der Waals surface area contributed by atoms with Crippen LogP contribution in [0.25, 0.3) is 0 Å². The first-order chi connectivity index (χ1) is 13.2. The van der Waals surface area contributed by atoms with Crippen LogP contribution in [0.1, 0.15) is 30.9 Å². The van der Waals surface area contributed by atoms with Gasteiger partial charge in [0.25, 0.3) is 0 Å². The summed E-state index contributed by atoms with van der Waals surface area (Å²) in [6, 6.07) is 8.72. The third-order valence-electron chi connectivity index (χ3n) is 4.36. The predicted molar refractivity (Wildman–Crippen MR) is 113 cm³/mol. The molecule has 0 amide bonds. The minimum Gasteiger partial charge on any atom is -0.506 e. The molecule has 1 aromatic rings. The highest BCUT2D eigenvalue weighted by Crippen LogP contribution is 2.18. The van der Waals surface area contributed by atoms with Gasteiger partial charge in [-0.2, -0.15) is 0 Å². The summed E-state index contributed by atoms with van der Waals surface area (Å²) in [6.07, 6.45) is 13.0. The van der Waals surface area contributed by atoms with Gasteiger partial charge in [-0.1, -0.05) is 49.1 Å². The van der Waals surface area contributed by atoms with E-state index in [-0.39, 0.29) is 5.76 Å². The molecule has 1 aliphatic heterocycles. The first kappa shape index (κ1) is 20.7. The van der Waals surface area contributed by atoms with Gasteiger partial charge in [0.1, 0.15) is 5.76 Å². The molecule has 0 bridgehead atoms. The summed E-state index contributed by atoms with van der Waals surface area (Å²) < 4.78 is 5.73. The van der Waals surface area contributed by atoms with E-state index in [2.05, 4.69) is 40.7 Å². The number of fused-ring (bicyclic) bond motifs is 1. The number of aliphatic hydroxyl groups is 1. The SMILES string of the molecule is C=C\C=C/C(O)=C/N=C(\C=C/C)OCCCCN1CCc2ccccc2C1. The van der Waals surface area contributed by atoms with Crippen LogP contribution in [0.15, 0.2) is 78.2 Å². The van der Waals surface area contributed by atoms with E-state index >= 15 is 0 Å². The van der Waals surface area contributed by atoms with Crippen molar-refractivity contribution in [2.75, 3.05) is 19.7 Å². The van der Waals surface area contributed by atoms with Gasteiger partial charge in [-0.3, -0.25) is 4.90 Å². The largest absolute Gasteiger partial charge is 0.506 e. The second-order valence-corrected chi connectivity index (χ2v) is 6.47. The minimum absolute atomic E-state index is 0.0610. The van der Waals surface area contributed by atoms with Crippen LogP contribution < -0.4 is 0 Å². The zero-order valence-electron chi connectivity index (χ0n) is 16.2. The topological polar surface area (TPSA) is 45.1 Å². The molecule has 0 atom stereocenters. The Morgan fingerprint density at radius 1 is 1.26 bits per heavy atom. The van der Waals surface area contributed by atoms with E-state index in [9.17, 15) is 5.11 Å². The van der Waals surface area contributed by atoms with Crippen LogP contribution in [0.5, 0.6) is 0 Å². The number of unbranched alkanes of at least 4 members (excludes halogenated alkanes) is 1. The van der Waals surface area contributed by atoms with E-state index in [0.29, 0.717) is 12.5 Å². The van der Waals surface area contributed by atoms with E-state index in [1.54, 1.807) is 18.2 Å². The Morgan fingerprint density at radius 2 is 2.07 bits per heavy atom. The average molecular weight is 367 g/mol. The molecule has 4 nitrogen and oxygen atoms in total. The van der Waals surface area contributed by atoms with Gasteiger partial charge < -0.3 is 9.84 Å². The van der Waals surface area contributed by atoms with Crippen molar-refractivity contribution in [3.05, 3.63) is 84.3 Å². The molecule has 1 aromatic carbocycles. The fourth-order valence-electron chi connectivity index (χ4n) is 2.97. The maximum absolute atomic E-state index is 9.66. The van der Waals surface area contributed by atoms with Crippen molar-refractivity contribution in [3.63, 3.8) is 0 Å². The van der Waals surface area contributed by atoms with Crippen molar-refractivity contribution in [2.45, 2.75) is 32.7 Å². The number of aliphatic imine (C=N–C) groups is 1. The summed E-state index contributed by atoms with van der Waals surface area (Å²) in [7, 11) is 0. The summed E-state index contributed by atoms with van der Waals surface area (Å²) in [5.74, 6) is 0.564. The fourth-order valence-corrected chi connectivity index (χ4v) is 2.97. The van der Waals surface area contributed by atoms with Crippen LogP contribution in [0.2, 0.25) is 0 Å². The minimum atomic E-state index is 0.0610. The monoisotopic (exact) mass is 366 g/mol. The maximum Gasteiger partial charge on any atom is 0.212 e. The van der Waals surface area contributed by atoms with Crippen LogP contribution in [0.3, 0.4) is 0 Å². The molecule has 0 unspecified atom stereocenters. The number of hydrogen-bond acceptors (Lipinski definition) is 4. The van der Waals surface area contributed by atoms with Gasteiger partial charge in [0.15, 0.2) is 0 Å². The van der Waals surface area contributed by atoms with Gasteiger partial charge in [0.2, 0.25) is 5.90 Å². The number of nitrogens with zero attached hydrogens (tertiary/aromatic N) is 2. The molecule has 1 N–H and O–H groups in total. The second-order valence-electron chi connectivity index (χ2n) is 6.47. The third-order valence-corrected chi connectivity index (χ3v) is 4.36. The molecule has 27 heavy (non-hydrogen) atoms. The van der Waals surface area contributed by atoms with Gasteiger partial charge in [0, 0.05) is 13.1 Å². The van der Waals surface area contributed by atoms with E-state index in [1.807, 2.05) is 13.0 Å². The lowest BCUT2D eigenvalue weighted by atomic mass is 10.00. The lowest BCUT2D eigenvalue weighted by molar-refractivity contribution is 0.232. The van der Waals surface area contributed by atoms with Crippen molar-refractivity contribution in [1.29, 1.82) is 0 Å². The predicted octanol–water partition coefficient (Wildman–Crippen LogP) is 4.96. The maximum atomic E-state index is 9.66. The molecular weight excluding hydrogens is 336 g/mol. The third kappa shape index (κ3) is 7.67. The molecule has 0 aliphatic carbocycles. The van der Waals surface area contributed by atoms with Crippen molar-refractivity contribution in [3.8, 4) is 0 Å². The second kappa shape index (κ2) is 11.9. The quantitative estimate of drug-likeness (QED) is 0.221. The number of ether oxygens (including phenoxy) is 1. The van der Waals surface area contributed by atoms with E-state index < -0.39 is 0 Å². The van der Waals surface area contributed by atoms with Crippen molar-refractivity contribution < 1.29 is 9.84 Å². The van der Waals surface area contributed by atoms with Gasteiger partial charge in [-0.15, -0.1) is 0 Å². The van der Waals surface area contributed by atoms with Gasteiger partial charge >= 0.3 is 0 Å². The number of rotatable bonds is 9. The Bertz CT molecular complexity index is 717. The molecule has 1 aliphatic rings. The molecule has 2 rings (SSSR count). The Balaban J connectivity index is 1.71. The molecule has 0 radical (unpaired) electrons. The Morgan fingerprint density at radius 3 is 2.85 bits per heavy atom. The summed E-state index contributed by atoms with van der Waals surface area (Å²) in [4.78, 5) is 6.69. The van der Waals surface area contributed by atoms with E-state index in [1.165, 1.54) is 23.4 Å². The first-order valence-electron chi connectivity index (χ1n) is 9.53. The zero-order chi connectivity index (χ0) is 19.3. The van der Waals surface area contributed by atoms with Crippen LogP contribution in [0.4, 0.5) is 0 Å². The Kier molecular flexibility index (Phi) is 9.14. The fraction of sp³-hybridized carbons (Fsp3) is 0.348. The molecular formula is C23H30N2O2. The smallest absolute Gasteiger partial charge is 0.212 e. The highest BCUT2D eigenvalue weighted by molar-refractivity contribution is 5.88. The van der Waals surface area contributed by atoms with Crippen molar-refractivity contribution in [2.24, 2.45) is 4.99 Å². The highest BCUT2D eigenvalue weighted by atomic mass is 16.5. The molecule has 0 saturated heterocycles. The Labute approximate surface area is 162 Å². The van der Waals surface area contributed by atoms with Crippen molar-refractivity contribution >= 4 is 5.90 Å². The highest BCUT2D eigenvalue weighted by Gasteiger charge is 2.14. The molecule has 0 saturated carbocycles. The van der Waals surface area contributed by atoms with E-state index in [0.717, 1.165) is 38.9 Å². The van der Waals surface area contributed by atoms with E-state index in [4.69, 9.17) is 4.74 Å². The van der Waals surface area contributed by atoms with Crippen LogP contribution in [-0.2, 0) is 17.7 Å². The van der Waals surface area contributed by atoms with Crippen LogP contribution in [0, 0.1) is 0 Å². The standard InChI is InChI=1S/C23H30N2O2/c1-3-5-13-22(26)18-24-23(10-4-2)27-17-9-8-15-25-16-14-20-11-6-7-12-21(20)19-25/h3-7,10-13,18,26H,1,8-9,14-17,19H2,2H3/b10-4-,13-5-,22-18-,24-23+. The average Bonchev–Trinajstić information content (AvgIpc) is 2.70. The lowest BCUT2D eigenvalue weighted by Gasteiger charge is -2.28. The molecule has 4 heteroatoms. The molecule has 0 fully saturated rings. The summed E-state index contributed by atoms with van der Waals surface area (Å²) >= 11 is 0. The van der Waals surface area contributed by atoms with Gasteiger partial charge in [-0.05, 0) is 56.0 Å². The molecule has 0 aromatic heterocycles.